The van der Waals surface area contributed by atoms with Gasteiger partial charge in [-0.3, -0.25) is 14.6 Å². The van der Waals surface area contributed by atoms with Crippen molar-refractivity contribution in [3.8, 4) is 0 Å². The van der Waals surface area contributed by atoms with Crippen LogP contribution in [0.2, 0.25) is 0 Å². The topological polar surface area (TPSA) is 50.3 Å². The van der Waals surface area contributed by atoms with Crippen LogP contribution in [0.4, 0.5) is 0 Å². The van der Waals surface area contributed by atoms with Crippen LogP contribution in [0.5, 0.6) is 0 Å². The van der Waals surface area contributed by atoms with Crippen molar-refractivity contribution in [2.45, 2.75) is 32.2 Å². The molecule has 2 heterocycles. The van der Waals surface area contributed by atoms with Crippen LogP contribution in [0.1, 0.15) is 37.8 Å². The van der Waals surface area contributed by atoms with Gasteiger partial charge in [0, 0.05) is 18.9 Å². The van der Waals surface area contributed by atoms with Gasteiger partial charge < -0.3 is 4.90 Å². The van der Waals surface area contributed by atoms with E-state index in [2.05, 4.69) is 4.98 Å². The van der Waals surface area contributed by atoms with Crippen molar-refractivity contribution in [1.82, 2.24) is 9.88 Å². The largest absolute Gasteiger partial charge is 0.335 e. The van der Waals surface area contributed by atoms with Crippen LogP contribution in [0.15, 0.2) is 24.5 Å². The Labute approximate surface area is 101 Å². The minimum Gasteiger partial charge on any atom is -0.335 e. The summed E-state index contributed by atoms with van der Waals surface area (Å²) in [4.78, 5) is 28.8. The summed E-state index contributed by atoms with van der Waals surface area (Å²) < 4.78 is 0. The lowest BCUT2D eigenvalue weighted by Crippen LogP contribution is -2.31. The molecule has 1 saturated heterocycles. The minimum atomic E-state index is -0.0770. The number of Topliss-reactive ketones (excluding diaryl/α,β-unsaturated/α-hetero) is 1. The molecule has 0 saturated carbocycles. The number of hydrogen-bond donors (Lipinski definition) is 0. The average molecular weight is 232 g/mol. The predicted octanol–water partition coefficient (Wildman–Crippen LogP) is 1.72. The molecule has 2 rings (SSSR count). The van der Waals surface area contributed by atoms with Gasteiger partial charge in [0.05, 0.1) is 12.5 Å². The molecule has 1 aromatic rings. The zero-order valence-corrected chi connectivity index (χ0v) is 9.93. The average Bonchev–Trinajstić information content (AvgIpc) is 2.78. The molecule has 1 aliphatic heterocycles. The first-order chi connectivity index (χ1) is 8.18. The van der Waals surface area contributed by atoms with Crippen molar-refractivity contribution < 1.29 is 9.59 Å². The summed E-state index contributed by atoms with van der Waals surface area (Å²) in [5, 5.41) is 0. The standard InChI is InChI=1S/C13H16N2O2/c1-10(16)8-13(17)15-7-3-5-12(15)11-4-2-6-14-9-11/h2,4,6,9,12H,3,5,7-8H2,1H3. The van der Waals surface area contributed by atoms with Crippen LogP contribution < -0.4 is 0 Å². The van der Waals surface area contributed by atoms with Crippen molar-refractivity contribution in [3.63, 3.8) is 0 Å². The molecule has 17 heavy (non-hydrogen) atoms. The van der Waals surface area contributed by atoms with E-state index in [1.54, 1.807) is 17.3 Å². The molecular formula is C13H16N2O2. The molecule has 4 heteroatoms. The fourth-order valence-corrected chi connectivity index (χ4v) is 2.30. The van der Waals surface area contributed by atoms with Crippen LogP contribution in [0.25, 0.3) is 0 Å². The van der Waals surface area contributed by atoms with Gasteiger partial charge in [-0.05, 0) is 31.4 Å². The second kappa shape index (κ2) is 5.08. The van der Waals surface area contributed by atoms with Crippen molar-refractivity contribution in [2.24, 2.45) is 0 Å². The third-order valence-corrected chi connectivity index (χ3v) is 3.04. The molecule has 1 atom stereocenters. The van der Waals surface area contributed by atoms with E-state index in [0.717, 1.165) is 24.9 Å². The molecular weight excluding hydrogens is 216 g/mol. The monoisotopic (exact) mass is 232 g/mol. The smallest absolute Gasteiger partial charge is 0.230 e. The summed E-state index contributed by atoms with van der Waals surface area (Å²) >= 11 is 0. The zero-order chi connectivity index (χ0) is 12.3. The first kappa shape index (κ1) is 11.8. The highest BCUT2D eigenvalue weighted by molar-refractivity contribution is 5.97. The number of carbonyl (C=O) groups excluding carboxylic acids is 2. The molecule has 0 spiro atoms. The molecule has 0 aromatic carbocycles. The molecule has 1 amide bonds. The molecule has 0 bridgehead atoms. The van der Waals surface area contributed by atoms with Gasteiger partial charge in [-0.15, -0.1) is 0 Å². The summed E-state index contributed by atoms with van der Waals surface area (Å²) in [6.07, 6.45) is 5.47. The number of hydrogen-bond acceptors (Lipinski definition) is 3. The Morgan fingerprint density at radius 1 is 1.53 bits per heavy atom. The van der Waals surface area contributed by atoms with E-state index in [-0.39, 0.29) is 24.2 Å². The van der Waals surface area contributed by atoms with Crippen molar-refractivity contribution in [3.05, 3.63) is 30.1 Å². The number of amides is 1. The summed E-state index contributed by atoms with van der Waals surface area (Å²) in [7, 11) is 0. The van der Waals surface area contributed by atoms with Gasteiger partial charge in [-0.25, -0.2) is 0 Å². The lowest BCUT2D eigenvalue weighted by atomic mass is 10.1. The Morgan fingerprint density at radius 2 is 2.35 bits per heavy atom. The summed E-state index contributed by atoms with van der Waals surface area (Å²) in [5.74, 6) is -0.143. The molecule has 1 aromatic heterocycles. The van der Waals surface area contributed by atoms with Gasteiger partial charge in [0.15, 0.2) is 0 Å². The van der Waals surface area contributed by atoms with E-state index >= 15 is 0 Å². The van der Waals surface area contributed by atoms with E-state index in [0.29, 0.717) is 0 Å². The Morgan fingerprint density at radius 3 is 3.00 bits per heavy atom. The lowest BCUT2D eigenvalue weighted by molar-refractivity contribution is -0.135. The van der Waals surface area contributed by atoms with Crippen LogP contribution in [0, 0.1) is 0 Å². The van der Waals surface area contributed by atoms with Gasteiger partial charge in [-0.1, -0.05) is 6.07 Å². The number of aromatic nitrogens is 1. The normalized spacial score (nSPS) is 19.4. The van der Waals surface area contributed by atoms with Crippen LogP contribution >= 0.6 is 0 Å². The first-order valence-corrected chi connectivity index (χ1v) is 5.87. The van der Waals surface area contributed by atoms with Gasteiger partial charge in [0.25, 0.3) is 0 Å². The highest BCUT2D eigenvalue weighted by Crippen LogP contribution is 2.31. The quantitative estimate of drug-likeness (QED) is 0.746. The van der Waals surface area contributed by atoms with E-state index in [4.69, 9.17) is 0 Å². The van der Waals surface area contributed by atoms with E-state index < -0.39 is 0 Å². The maximum atomic E-state index is 11.9. The maximum Gasteiger partial charge on any atom is 0.230 e. The molecule has 0 radical (unpaired) electrons. The second-order valence-corrected chi connectivity index (χ2v) is 4.41. The third-order valence-electron chi connectivity index (χ3n) is 3.04. The Balaban J connectivity index is 2.13. The van der Waals surface area contributed by atoms with Gasteiger partial charge >= 0.3 is 0 Å². The minimum absolute atomic E-state index is 0.0107. The number of pyridine rings is 1. The number of carbonyl (C=O) groups is 2. The summed E-state index contributed by atoms with van der Waals surface area (Å²) in [6, 6.07) is 3.95. The van der Waals surface area contributed by atoms with Gasteiger partial charge in [-0.2, -0.15) is 0 Å². The second-order valence-electron chi connectivity index (χ2n) is 4.41. The molecule has 0 N–H and O–H groups in total. The first-order valence-electron chi connectivity index (χ1n) is 5.87. The molecule has 0 aliphatic carbocycles. The highest BCUT2D eigenvalue weighted by Gasteiger charge is 2.30. The van der Waals surface area contributed by atoms with E-state index in [1.165, 1.54) is 6.92 Å². The Bertz CT molecular complexity index is 417. The maximum absolute atomic E-state index is 11.9. The Kier molecular flexibility index (Phi) is 3.52. The number of nitrogens with zero attached hydrogens (tertiary/aromatic N) is 2. The summed E-state index contributed by atoms with van der Waals surface area (Å²) in [6.45, 7) is 2.19. The number of ketones is 1. The van der Waals surface area contributed by atoms with Gasteiger partial charge in [0.2, 0.25) is 5.91 Å². The van der Waals surface area contributed by atoms with Crippen molar-refractivity contribution in [2.75, 3.05) is 6.54 Å². The number of likely N-dealkylation sites (tertiary alicyclic amines) is 1. The third kappa shape index (κ3) is 2.70. The highest BCUT2D eigenvalue weighted by atomic mass is 16.2. The zero-order valence-electron chi connectivity index (χ0n) is 9.93. The fourth-order valence-electron chi connectivity index (χ4n) is 2.30. The van der Waals surface area contributed by atoms with Gasteiger partial charge in [0.1, 0.15) is 5.78 Å². The fraction of sp³-hybridized carbons (Fsp3) is 0.462. The predicted molar refractivity (Wildman–Crippen MR) is 63.2 cm³/mol. The molecule has 1 fully saturated rings. The number of rotatable bonds is 3. The van der Waals surface area contributed by atoms with E-state index in [1.807, 2.05) is 12.1 Å². The SMILES string of the molecule is CC(=O)CC(=O)N1CCCC1c1cccnc1. The van der Waals surface area contributed by atoms with Crippen LogP contribution in [-0.4, -0.2) is 28.1 Å². The molecule has 1 aliphatic rings. The van der Waals surface area contributed by atoms with Crippen LogP contribution in [-0.2, 0) is 9.59 Å². The molecule has 4 nitrogen and oxygen atoms in total. The van der Waals surface area contributed by atoms with Crippen molar-refractivity contribution in [1.29, 1.82) is 0 Å². The molecule has 1 unspecified atom stereocenters. The van der Waals surface area contributed by atoms with E-state index in [9.17, 15) is 9.59 Å². The lowest BCUT2D eigenvalue weighted by Gasteiger charge is -2.24. The van der Waals surface area contributed by atoms with Crippen LogP contribution in [0.3, 0.4) is 0 Å². The summed E-state index contributed by atoms with van der Waals surface area (Å²) in [5.41, 5.74) is 1.06. The Hall–Kier alpha value is -1.71. The molecule has 90 valence electrons. The van der Waals surface area contributed by atoms with Crippen molar-refractivity contribution >= 4 is 11.7 Å².